The molecular formula is C18H25BrN2O4. The molecule has 1 amide bonds. The van der Waals surface area contributed by atoms with Crippen LogP contribution in [0, 0.1) is 5.92 Å². The van der Waals surface area contributed by atoms with Crippen molar-refractivity contribution < 1.29 is 19.4 Å². The van der Waals surface area contributed by atoms with Gasteiger partial charge in [-0.3, -0.25) is 14.5 Å². The molecule has 1 heterocycles. The number of benzene rings is 1. The normalized spacial score (nSPS) is 17.9. The molecule has 6 nitrogen and oxygen atoms in total. The van der Waals surface area contributed by atoms with Crippen LogP contribution >= 0.6 is 15.9 Å². The summed E-state index contributed by atoms with van der Waals surface area (Å²) in [6, 6.07) is 7.58. The number of ether oxygens (including phenoxy) is 1. The summed E-state index contributed by atoms with van der Waals surface area (Å²) in [5.41, 5.74) is 0. The van der Waals surface area contributed by atoms with Crippen molar-refractivity contribution in [2.75, 3.05) is 39.8 Å². The molecule has 0 spiro atoms. The van der Waals surface area contributed by atoms with Gasteiger partial charge in [-0.1, -0.05) is 15.9 Å². The van der Waals surface area contributed by atoms with Gasteiger partial charge in [-0.25, -0.2) is 0 Å². The van der Waals surface area contributed by atoms with Crippen molar-refractivity contribution in [3.8, 4) is 5.75 Å². The molecule has 1 N–H and O–H groups in total. The Hall–Kier alpha value is -1.60. The van der Waals surface area contributed by atoms with Crippen LogP contribution in [0.25, 0.3) is 0 Å². The summed E-state index contributed by atoms with van der Waals surface area (Å²) < 4.78 is 6.63. The summed E-state index contributed by atoms with van der Waals surface area (Å²) in [7, 11) is 1.77. The van der Waals surface area contributed by atoms with E-state index in [4.69, 9.17) is 9.84 Å². The van der Waals surface area contributed by atoms with Crippen molar-refractivity contribution in [3.05, 3.63) is 28.7 Å². The molecule has 2 rings (SSSR count). The lowest BCUT2D eigenvalue weighted by Crippen LogP contribution is -2.44. The second kappa shape index (κ2) is 9.77. The number of carbonyl (C=O) groups is 2. The molecule has 1 atom stereocenters. The van der Waals surface area contributed by atoms with E-state index >= 15 is 0 Å². The highest BCUT2D eigenvalue weighted by atomic mass is 79.9. The predicted octanol–water partition coefficient (Wildman–Crippen LogP) is 2.47. The molecule has 0 saturated carbocycles. The third-order valence-corrected chi connectivity index (χ3v) is 4.89. The van der Waals surface area contributed by atoms with E-state index in [0.29, 0.717) is 26.2 Å². The summed E-state index contributed by atoms with van der Waals surface area (Å²) in [6.07, 6.45) is 2.05. The highest BCUT2D eigenvalue weighted by molar-refractivity contribution is 9.10. The zero-order valence-corrected chi connectivity index (χ0v) is 16.1. The molecule has 0 aromatic heterocycles. The number of likely N-dealkylation sites (N-methyl/N-ethyl adjacent to an activating group) is 1. The first kappa shape index (κ1) is 19.7. The quantitative estimate of drug-likeness (QED) is 0.709. The first-order valence-electron chi connectivity index (χ1n) is 8.50. The Morgan fingerprint density at radius 1 is 1.36 bits per heavy atom. The van der Waals surface area contributed by atoms with Gasteiger partial charge in [0.2, 0.25) is 5.91 Å². The number of hydrogen-bond donors (Lipinski definition) is 1. The van der Waals surface area contributed by atoms with Crippen LogP contribution in [0.1, 0.15) is 19.3 Å². The van der Waals surface area contributed by atoms with Crippen LogP contribution in [0.2, 0.25) is 0 Å². The molecule has 138 valence electrons. The second-order valence-corrected chi connectivity index (χ2v) is 7.37. The minimum absolute atomic E-state index is 0.0374. The van der Waals surface area contributed by atoms with E-state index in [9.17, 15) is 9.59 Å². The number of nitrogens with zero attached hydrogens (tertiary/aromatic N) is 2. The first-order chi connectivity index (χ1) is 11.9. The lowest BCUT2D eigenvalue weighted by Gasteiger charge is -2.32. The molecule has 1 saturated heterocycles. The summed E-state index contributed by atoms with van der Waals surface area (Å²) in [5.74, 6) is 0.192. The van der Waals surface area contributed by atoms with E-state index in [1.807, 2.05) is 24.3 Å². The molecular weight excluding hydrogens is 388 g/mol. The van der Waals surface area contributed by atoms with Crippen LogP contribution in [0.15, 0.2) is 28.7 Å². The lowest BCUT2D eigenvalue weighted by molar-refractivity contribution is -0.138. The molecule has 7 heteroatoms. The van der Waals surface area contributed by atoms with Gasteiger partial charge >= 0.3 is 5.97 Å². The summed E-state index contributed by atoms with van der Waals surface area (Å²) in [4.78, 5) is 26.9. The van der Waals surface area contributed by atoms with Gasteiger partial charge in [0.15, 0.2) is 0 Å². The Morgan fingerprint density at radius 3 is 2.76 bits per heavy atom. The molecule has 0 aliphatic carbocycles. The fourth-order valence-corrected chi connectivity index (χ4v) is 3.24. The number of amides is 1. The van der Waals surface area contributed by atoms with Gasteiger partial charge in [-0.15, -0.1) is 0 Å². The fraction of sp³-hybridized carbons (Fsp3) is 0.556. The van der Waals surface area contributed by atoms with Crippen LogP contribution in [0.3, 0.4) is 0 Å². The van der Waals surface area contributed by atoms with Crippen molar-refractivity contribution in [1.82, 2.24) is 9.80 Å². The van der Waals surface area contributed by atoms with Crippen LogP contribution in [0.5, 0.6) is 5.75 Å². The second-order valence-electron chi connectivity index (χ2n) is 6.46. The SMILES string of the molecule is CN(CCOc1ccc(Br)cc1)C(=O)CN1CCCC(CC(=O)O)C1. The maximum Gasteiger partial charge on any atom is 0.303 e. The average Bonchev–Trinajstić information content (AvgIpc) is 2.56. The highest BCUT2D eigenvalue weighted by Crippen LogP contribution is 2.19. The van der Waals surface area contributed by atoms with Gasteiger partial charge in [0.25, 0.3) is 0 Å². The van der Waals surface area contributed by atoms with Crippen molar-refractivity contribution >= 4 is 27.8 Å². The largest absolute Gasteiger partial charge is 0.492 e. The van der Waals surface area contributed by atoms with Gasteiger partial charge in [-0.2, -0.15) is 0 Å². The maximum absolute atomic E-state index is 12.3. The number of hydrogen-bond acceptors (Lipinski definition) is 4. The van der Waals surface area contributed by atoms with Crippen molar-refractivity contribution in [1.29, 1.82) is 0 Å². The zero-order chi connectivity index (χ0) is 18.2. The molecule has 1 aromatic rings. The molecule has 25 heavy (non-hydrogen) atoms. The Kier molecular flexibility index (Phi) is 7.71. The van der Waals surface area contributed by atoms with Crippen molar-refractivity contribution in [2.24, 2.45) is 5.92 Å². The van der Waals surface area contributed by atoms with Crippen LogP contribution in [0.4, 0.5) is 0 Å². The van der Waals surface area contributed by atoms with Crippen molar-refractivity contribution in [3.63, 3.8) is 0 Å². The number of rotatable bonds is 8. The van der Waals surface area contributed by atoms with E-state index < -0.39 is 5.97 Å². The minimum Gasteiger partial charge on any atom is -0.492 e. The number of piperidine rings is 1. The van der Waals surface area contributed by atoms with Crippen molar-refractivity contribution in [2.45, 2.75) is 19.3 Å². The fourth-order valence-electron chi connectivity index (χ4n) is 2.98. The van der Waals surface area contributed by atoms with Gasteiger partial charge in [0.05, 0.1) is 13.1 Å². The highest BCUT2D eigenvalue weighted by Gasteiger charge is 2.24. The average molecular weight is 413 g/mol. The molecule has 1 aliphatic rings. The number of carbonyl (C=O) groups excluding carboxylic acids is 1. The molecule has 0 bridgehead atoms. The van der Waals surface area contributed by atoms with E-state index in [1.54, 1.807) is 11.9 Å². The van der Waals surface area contributed by atoms with E-state index in [0.717, 1.165) is 29.6 Å². The lowest BCUT2D eigenvalue weighted by atomic mass is 9.95. The van der Waals surface area contributed by atoms with E-state index in [1.165, 1.54) is 0 Å². The topological polar surface area (TPSA) is 70.1 Å². The first-order valence-corrected chi connectivity index (χ1v) is 9.30. The third kappa shape index (κ3) is 7.04. The number of carboxylic acid groups (broad SMARTS) is 1. The maximum atomic E-state index is 12.3. The summed E-state index contributed by atoms with van der Waals surface area (Å²) >= 11 is 3.37. The number of aliphatic carboxylic acids is 1. The Balaban J connectivity index is 1.70. The molecule has 1 aliphatic heterocycles. The van der Waals surface area contributed by atoms with Crippen LogP contribution in [-0.2, 0) is 9.59 Å². The molecule has 1 fully saturated rings. The molecule has 1 aromatic carbocycles. The Labute approximate surface area is 156 Å². The number of likely N-dealkylation sites (tertiary alicyclic amines) is 1. The van der Waals surface area contributed by atoms with E-state index in [-0.39, 0.29) is 18.2 Å². The minimum atomic E-state index is -0.764. The van der Waals surface area contributed by atoms with Crippen LogP contribution < -0.4 is 4.74 Å². The van der Waals surface area contributed by atoms with E-state index in [2.05, 4.69) is 20.8 Å². The zero-order valence-electron chi connectivity index (χ0n) is 14.5. The number of carboxylic acids is 1. The number of halogens is 1. The predicted molar refractivity (Wildman–Crippen MR) is 98.7 cm³/mol. The smallest absolute Gasteiger partial charge is 0.303 e. The molecule has 1 unspecified atom stereocenters. The third-order valence-electron chi connectivity index (χ3n) is 4.36. The van der Waals surface area contributed by atoms with Gasteiger partial charge in [0, 0.05) is 24.5 Å². The molecule has 0 radical (unpaired) electrons. The summed E-state index contributed by atoms with van der Waals surface area (Å²) in [6.45, 7) is 2.82. The Bertz CT molecular complexity index is 579. The van der Waals surface area contributed by atoms with Crippen LogP contribution in [-0.4, -0.2) is 66.6 Å². The van der Waals surface area contributed by atoms with Gasteiger partial charge < -0.3 is 14.7 Å². The summed E-state index contributed by atoms with van der Waals surface area (Å²) in [5, 5.41) is 8.92. The standard InChI is InChI=1S/C18H25BrN2O4/c1-20(9-10-25-16-6-4-15(19)5-7-16)17(22)13-21-8-2-3-14(12-21)11-18(23)24/h4-7,14H,2-3,8-13H2,1H3,(H,23,24). The Morgan fingerprint density at radius 2 is 2.08 bits per heavy atom. The van der Waals surface area contributed by atoms with Gasteiger partial charge in [-0.05, 0) is 49.6 Å². The monoisotopic (exact) mass is 412 g/mol. The van der Waals surface area contributed by atoms with Gasteiger partial charge in [0.1, 0.15) is 12.4 Å².